The second-order valence-electron chi connectivity index (χ2n) is 7.09. The molecule has 1 heterocycles. The van der Waals surface area contributed by atoms with Gasteiger partial charge in [-0.3, -0.25) is 9.69 Å². The van der Waals surface area contributed by atoms with Crippen molar-refractivity contribution in [3.8, 4) is 11.5 Å². The van der Waals surface area contributed by atoms with E-state index in [1.807, 2.05) is 26.0 Å². The third-order valence-electron chi connectivity index (χ3n) is 4.52. The van der Waals surface area contributed by atoms with Gasteiger partial charge in [0.25, 0.3) is 5.91 Å². The zero-order valence-electron chi connectivity index (χ0n) is 18.0. The maximum atomic E-state index is 13.3. The summed E-state index contributed by atoms with van der Waals surface area (Å²) < 4.78 is 17.2. The fourth-order valence-corrected chi connectivity index (χ4v) is 5.03. The Morgan fingerprint density at radius 1 is 1.19 bits per heavy atom. The van der Waals surface area contributed by atoms with Gasteiger partial charge >= 0.3 is 5.97 Å². The van der Waals surface area contributed by atoms with E-state index in [1.165, 1.54) is 12.0 Å². The number of hydrogen-bond acceptors (Lipinski definition) is 7. The predicted molar refractivity (Wildman–Crippen MR) is 133 cm³/mol. The van der Waals surface area contributed by atoms with Crippen LogP contribution in [0.1, 0.15) is 31.0 Å². The van der Waals surface area contributed by atoms with E-state index in [-0.39, 0.29) is 16.3 Å². The van der Waals surface area contributed by atoms with Crippen molar-refractivity contribution in [3.63, 3.8) is 0 Å². The van der Waals surface area contributed by atoms with Crippen LogP contribution in [-0.2, 0) is 14.3 Å². The molecule has 0 aliphatic carbocycles. The molecule has 2 aromatic carbocycles. The predicted octanol–water partition coefficient (Wildman–Crippen LogP) is 5.36. The highest BCUT2D eigenvalue weighted by atomic mass is 79.9. The van der Waals surface area contributed by atoms with E-state index < -0.39 is 12.0 Å². The number of thiocarbonyl (C=S) groups is 1. The van der Waals surface area contributed by atoms with Crippen molar-refractivity contribution in [1.29, 1.82) is 0 Å². The minimum atomic E-state index is -0.956. The van der Waals surface area contributed by atoms with Gasteiger partial charge in [0.15, 0.2) is 17.5 Å². The minimum Gasteiger partial charge on any atom is -0.493 e. The number of nitrogens with zero attached hydrogens (tertiary/aromatic N) is 1. The topological polar surface area (TPSA) is 65.1 Å². The molecule has 32 heavy (non-hydrogen) atoms. The van der Waals surface area contributed by atoms with Crippen LogP contribution >= 0.6 is 39.9 Å². The normalized spacial score (nSPS) is 15.9. The van der Waals surface area contributed by atoms with Gasteiger partial charge in [0.05, 0.1) is 29.7 Å². The van der Waals surface area contributed by atoms with Crippen LogP contribution in [0.3, 0.4) is 0 Å². The molecule has 9 heteroatoms. The van der Waals surface area contributed by atoms with Gasteiger partial charge in [0.1, 0.15) is 4.32 Å². The Morgan fingerprint density at radius 3 is 2.47 bits per heavy atom. The van der Waals surface area contributed by atoms with Gasteiger partial charge < -0.3 is 14.2 Å². The average Bonchev–Trinajstić information content (AvgIpc) is 3.03. The third kappa shape index (κ3) is 5.16. The quantitative estimate of drug-likeness (QED) is 0.268. The molecule has 2 aromatic rings. The molecule has 1 saturated heterocycles. The van der Waals surface area contributed by atoms with Crippen LogP contribution < -0.4 is 9.47 Å². The first kappa shape index (κ1) is 24.3. The molecule has 0 saturated carbocycles. The molecule has 3 rings (SSSR count). The Hall–Kier alpha value is -2.36. The number of carbonyl (C=O) groups is 2. The molecule has 1 amide bonds. The summed E-state index contributed by atoms with van der Waals surface area (Å²) >= 11 is 10.1. The molecule has 168 valence electrons. The van der Waals surface area contributed by atoms with Crippen LogP contribution in [-0.4, -0.2) is 41.4 Å². The van der Waals surface area contributed by atoms with Gasteiger partial charge in [0, 0.05) is 0 Å². The van der Waals surface area contributed by atoms with Crippen molar-refractivity contribution in [2.45, 2.75) is 26.0 Å². The third-order valence-corrected chi connectivity index (χ3v) is 6.44. The highest BCUT2D eigenvalue weighted by Gasteiger charge is 2.41. The summed E-state index contributed by atoms with van der Waals surface area (Å²) in [6.45, 7) is 3.85. The van der Waals surface area contributed by atoms with Crippen molar-refractivity contribution in [3.05, 3.63) is 63.0 Å². The Morgan fingerprint density at radius 2 is 1.88 bits per heavy atom. The molecule has 1 unspecified atom stereocenters. The average molecular weight is 536 g/mol. The number of rotatable bonds is 7. The second kappa shape index (κ2) is 10.5. The van der Waals surface area contributed by atoms with E-state index in [0.29, 0.717) is 26.4 Å². The number of benzene rings is 2. The first-order valence-corrected chi connectivity index (χ1v) is 11.7. The fraction of sp³-hybridized carbons (Fsp3) is 0.261. The zero-order valence-corrected chi connectivity index (χ0v) is 21.2. The Balaban J connectivity index is 1.98. The summed E-state index contributed by atoms with van der Waals surface area (Å²) in [5.74, 6) is 0.193. The molecule has 1 atom stereocenters. The summed E-state index contributed by atoms with van der Waals surface area (Å²) in [5.41, 5.74) is 1.34. The lowest BCUT2D eigenvalue weighted by atomic mass is 10.1. The first-order valence-electron chi connectivity index (χ1n) is 9.70. The van der Waals surface area contributed by atoms with Gasteiger partial charge in [0.2, 0.25) is 0 Å². The van der Waals surface area contributed by atoms with E-state index in [9.17, 15) is 9.59 Å². The van der Waals surface area contributed by atoms with Crippen molar-refractivity contribution in [1.82, 2.24) is 4.90 Å². The monoisotopic (exact) mass is 535 g/mol. The van der Waals surface area contributed by atoms with Gasteiger partial charge in [-0.25, -0.2) is 4.79 Å². The molecule has 0 bridgehead atoms. The Kier molecular flexibility index (Phi) is 7.97. The van der Waals surface area contributed by atoms with E-state index in [1.54, 1.807) is 43.5 Å². The summed E-state index contributed by atoms with van der Waals surface area (Å²) in [6.07, 6.45) is 1.68. The number of esters is 1. The molecular formula is C23H22BrNO5S2. The SMILES string of the molecule is COC(=O)C(c1ccccc1)N1C(=O)/C(=C/c2cc(Br)c(OC(C)C)c(OC)c2)SC1=S. The highest BCUT2D eigenvalue weighted by molar-refractivity contribution is 9.10. The van der Waals surface area contributed by atoms with Crippen molar-refractivity contribution >= 4 is 62.2 Å². The summed E-state index contributed by atoms with van der Waals surface area (Å²) in [4.78, 5) is 27.5. The number of ether oxygens (including phenoxy) is 3. The number of halogens is 1. The number of carbonyl (C=O) groups excluding carboxylic acids is 2. The first-order chi connectivity index (χ1) is 15.3. The molecule has 1 fully saturated rings. The number of methoxy groups -OCH3 is 2. The molecule has 6 nitrogen and oxygen atoms in total. The molecule has 0 radical (unpaired) electrons. The lowest BCUT2D eigenvalue weighted by Gasteiger charge is -2.24. The van der Waals surface area contributed by atoms with Gasteiger partial charge in [-0.05, 0) is 59.1 Å². The molecule has 1 aliphatic rings. The molecule has 0 aromatic heterocycles. The van der Waals surface area contributed by atoms with Crippen LogP contribution in [0.2, 0.25) is 0 Å². The smallest absolute Gasteiger partial charge is 0.333 e. The maximum Gasteiger partial charge on any atom is 0.333 e. The van der Waals surface area contributed by atoms with E-state index in [0.717, 1.165) is 17.3 Å². The Labute approximate surface area is 205 Å². The molecular weight excluding hydrogens is 514 g/mol. The zero-order chi connectivity index (χ0) is 23.4. The molecule has 1 aliphatic heterocycles. The maximum absolute atomic E-state index is 13.3. The summed E-state index contributed by atoms with van der Waals surface area (Å²) in [5, 5.41) is 0. The summed E-state index contributed by atoms with van der Waals surface area (Å²) in [7, 11) is 2.84. The van der Waals surface area contributed by atoms with Gasteiger partial charge in [-0.15, -0.1) is 0 Å². The van der Waals surface area contributed by atoms with Crippen LogP contribution in [0, 0.1) is 0 Å². The number of amides is 1. The minimum absolute atomic E-state index is 0.0319. The highest BCUT2D eigenvalue weighted by Crippen LogP contribution is 2.41. The van der Waals surface area contributed by atoms with Crippen molar-refractivity contribution in [2.24, 2.45) is 0 Å². The van der Waals surface area contributed by atoms with Crippen molar-refractivity contribution in [2.75, 3.05) is 14.2 Å². The Bertz CT molecular complexity index is 1070. The van der Waals surface area contributed by atoms with Crippen LogP contribution in [0.15, 0.2) is 51.8 Å². The molecule has 0 spiro atoms. The van der Waals surface area contributed by atoms with Crippen molar-refractivity contribution < 1.29 is 23.8 Å². The fourth-order valence-electron chi connectivity index (χ4n) is 3.16. The van der Waals surface area contributed by atoms with Crippen LogP contribution in [0.4, 0.5) is 0 Å². The number of thioether (sulfide) groups is 1. The standard InChI is InChI=1S/C23H22BrNO5S2/c1-13(2)30-20-16(24)10-14(11-17(20)28-3)12-18-21(26)25(23(31)32-18)19(22(27)29-4)15-8-6-5-7-9-15/h5-13,19H,1-4H3/b18-12-. The van der Waals surface area contributed by atoms with Gasteiger partial charge in [-0.2, -0.15) is 0 Å². The largest absolute Gasteiger partial charge is 0.493 e. The lowest BCUT2D eigenvalue weighted by Crippen LogP contribution is -2.37. The van der Waals surface area contributed by atoms with Crippen LogP contribution in [0.25, 0.3) is 6.08 Å². The second-order valence-corrected chi connectivity index (χ2v) is 9.62. The van der Waals surface area contributed by atoms with Gasteiger partial charge in [-0.1, -0.05) is 54.3 Å². The van der Waals surface area contributed by atoms with Crippen LogP contribution in [0.5, 0.6) is 11.5 Å². The summed E-state index contributed by atoms with van der Waals surface area (Å²) in [6, 6.07) is 11.6. The van der Waals surface area contributed by atoms with E-state index >= 15 is 0 Å². The number of hydrogen-bond donors (Lipinski definition) is 0. The lowest BCUT2D eigenvalue weighted by molar-refractivity contribution is -0.148. The van der Waals surface area contributed by atoms with E-state index in [2.05, 4.69) is 15.9 Å². The molecule has 0 N–H and O–H groups in total. The van der Waals surface area contributed by atoms with E-state index in [4.69, 9.17) is 26.4 Å².